The van der Waals surface area contributed by atoms with Crippen molar-refractivity contribution in [2.45, 2.75) is 64.0 Å². The van der Waals surface area contributed by atoms with Crippen LogP contribution in [0.4, 0.5) is 0 Å². The molecule has 1 aliphatic heterocycles. The number of fused-ring (bicyclic) bond motifs is 2. The number of furan rings is 1. The van der Waals surface area contributed by atoms with E-state index in [0.29, 0.717) is 6.42 Å². The van der Waals surface area contributed by atoms with E-state index in [4.69, 9.17) is 10.2 Å². The quantitative estimate of drug-likeness (QED) is 0.907. The molecule has 4 nitrogen and oxygen atoms in total. The minimum absolute atomic E-state index is 0. The lowest BCUT2D eigenvalue weighted by atomic mass is 9.96. The Balaban J connectivity index is 0.00000182. The Morgan fingerprint density at radius 2 is 2.04 bits per heavy atom. The summed E-state index contributed by atoms with van der Waals surface area (Å²) in [5.41, 5.74) is 10.9. The lowest BCUT2D eigenvalue weighted by Gasteiger charge is -2.38. The summed E-state index contributed by atoms with van der Waals surface area (Å²) in [6.07, 6.45) is 8.94. The summed E-state index contributed by atoms with van der Waals surface area (Å²) in [6.45, 7) is 2.84. The number of piperidine rings is 1. The maximum absolute atomic E-state index is 12.9. The number of nitrogens with two attached hydrogens (primary N) is 1. The van der Waals surface area contributed by atoms with Gasteiger partial charge in [0, 0.05) is 29.6 Å². The number of hydrogen-bond acceptors (Lipinski definition) is 3. The van der Waals surface area contributed by atoms with Gasteiger partial charge in [-0.05, 0) is 68.7 Å². The number of aryl methyl sites for hydroxylation is 2. The Bertz CT molecular complexity index is 768. The molecule has 1 aromatic carbocycles. The van der Waals surface area contributed by atoms with Gasteiger partial charge in [0.05, 0.1) is 12.7 Å². The number of nitrogens with zero attached hydrogens (tertiary/aromatic N) is 1. The number of benzene rings is 1. The summed E-state index contributed by atoms with van der Waals surface area (Å²) in [4.78, 5) is 14.9. The van der Waals surface area contributed by atoms with E-state index in [1.54, 1.807) is 6.26 Å². The molecule has 0 saturated carbocycles. The van der Waals surface area contributed by atoms with Crippen molar-refractivity contribution in [3.05, 3.63) is 35.1 Å². The van der Waals surface area contributed by atoms with Crippen LogP contribution in [0.1, 0.15) is 49.3 Å². The van der Waals surface area contributed by atoms with Gasteiger partial charge in [0.1, 0.15) is 5.58 Å². The lowest BCUT2D eigenvalue weighted by molar-refractivity contribution is -0.134. The fraction of sp³-hybridized carbons (Fsp3) is 0.550. The molecule has 2 aliphatic rings. The first-order valence-corrected chi connectivity index (χ1v) is 9.20. The predicted octanol–water partition coefficient (Wildman–Crippen LogP) is 3.61. The first-order chi connectivity index (χ1) is 11.6. The molecule has 25 heavy (non-hydrogen) atoms. The molecule has 1 fully saturated rings. The van der Waals surface area contributed by atoms with Crippen LogP contribution in [0.2, 0.25) is 0 Å². The van der Waals surface area contributed by atoms with Gasteiger partial charge in [-0.2, -0.15) is 0 Å². The second-order valence-corrected chi connectivity index (χ2v) is 7.42. The van der Waals surface area contributed by atoms with Crippen molar-refractivity contribution in [3.8, 4) is 0 Å². The molecule has 4 rings (SSSR count). The number of carbonyl (C=O) groups excluding carboxylic acids is 1. The van der Waals surface area contributed by atoms with Gasteiger partial charge < -0.3 is 15.1 Å². The monoisotopic (exact) mass is 362 g/mol. The van der Waals surface area contributed by atoms with E-state index in [0.717, 1.165) is 55.2 Å². The van der Waals surface area contributed by atoms with Gasteiger partial charge >= 0.3 is 0 Å². The summed E-state index contributed by atoms with van der Waals surface area (Å²) in [7, 11) is 0. The zero-order valence-corrected chi connectivity index (χ0v) is 15.6. The lowest BCUT2D eigenvalue weighted by Crippen LogP contribution is -2.52. The second kappa shape index (κ2) is 7.38. The number of likely N-dealkylation sites (tertiary alicyclic amines) is 1. The topological polar surface area (TPSA) is 59.5 Å². The molecule has 2 unspecified atom stereocenters. The highest BCUT2D eigenvalue weighted by molar-refractivity contribution is 5.89. The van der Waals surface area contributed by atoms with Crippen molar-refractivity contribution >= 4 is 29.3 Å². The highest BCUT2D eigenvalue weighted by atomic mass is 35.5. The van der Waals surface area contributed by atoms with Crippen molar-refractivity contribution in [1.29, 1.82) is 0 Å². The van der Waals surface area contributed by atoms with Gasteiger partial charge in [0.25, 0.3) is 0 Å². The van der Waals surface area contributed by atoms with Crippen molar-refractivity contribution in [2.75, 3.05) is 6.54 Å². The summed E-state index contributed by atoms with van der Waals surface area (Å²) in [6, 6.07) is 4.60. The Morgan fingerprint density at radius 1 is 1.28 bits per heavy atom. The Labute approximate surface area is 155 Å². The van der Waals surface area contributed by atoms with Gasteiger partial charge in [-0.15, -0.1) is 12.4 Å². The van der Waals surface area contributed by atoms with Gasteiger partial charge in [-0.1, -0.05) is 0 Å². The highest BCUT2D eigenvalue weighted by Crippen LogP contribution is 2.31. The van der Waals surface area contributed by atoms with E-state index < -0.39 is 0 Å². The van der Waals surface area contributed by atoms with Gasteiger partial charge in [-0.3, -0.25) is 4.79 Å². The number of amides is 1. The molecule has 1 amide bonds. The van der Waals surface area contributed by atoms with Crippen LogP contribution in [-0.4, -0.2) is 29.4 Å². The number of halogens is 1. The van der Waals surface area contributed by atoms with Crippen molar-refractivity contribution < 1.29 is 9.21 Å². The first kappa shape index (κ1) is 18.3. The van der Waals surface area contributed by atoms with Crippen molar-refractivity contribution in [3.63, 3.8) is 0 Å². The molecule has 5 heteroatoms. The third-order valence-electron chi connectivity index (χ3n) is 5.69. The average Bonchev–Trinajstić information content (AvgIpc) is 3.19. The molecule has 2 heterocycles. The van der Waals surface area contributed by atoms with E-state index in [9.17, 15) is 4.79 Å². The second-order valence-electron chi connectivity index (χ2n) is 7.42. The molecule has 136 valence electrons. The molecule has 0 radical (unpaired) electrons. The fourth-order valence-corrected chi connectivity index (χ4v) is 4.36. The number of carbonyl (C=O) groups is 1. The predicted molar refractivity (Wildman–Crippen MR) is 102 cm³/mol. The minimum Gasteiger partial charge on any atom is -0.464 e. The Kier molecular flexibility index (Phi) is 5.40. The number of hydrogen-bond donors (Lipinski definition) is 1. The number of rotatable bonds is 3. The van der Waals surface area contributed by atoms with E-state index in [1.165, 1.54) is 17.5 Å². The minimum atomic E-state index is 0. The third kappa shape index (κ3) is 3.42. The fourth-order valence-electron chi connectivity index (χ4n) is 4.36. The van der Waals surface area contributed by atoms with E-state index in [2.05, 4.69) is 12.1 Å². The molecule has 1 saturated heterocycles. The van der Waals surface area contributed by atoms with E-state index >= 15 is 0 Å². The standard InChI is InChI=1S/C20H26N2O2.ClH/c1-13(21)18-7-2-3-8-22(18)20(23)11-16-12-24-19-10-15-6-4-5-14(15)9-17(16)19;/h9-10,12-13,18H,2-8,11,21H2,1H3;1H. The molecule has 2 atom stereocenters. The molecule has 2 N–H and O–H groups in total. The van der Waals surface area contributed by atoms with Gasteiger partial charge in [0.2, 0.25) is 5.91 Å². The van der Waals surface area contributed by atoms with Crippen LogP contribution < -0.4 is 5.73 Å². The molecular weight excluding hydrogens is 336 g/mol. The highest BCUT2D eigenvalue weighted by Gasteiger charge is 2.29. The van der Waals surface area contributed by atoms with Crippen LogP contribution >= 0.6 is 12.4 Å². The van der Waals surface area contributed by atoms with Crippen LogP contribution in [0.5, 0.6) is 0 Å². The molecule has 1 aromatic heterocycles. The van der Waals surface area contributed by atoms with Crippen LogP contribution in [0.3, 0.4) is 0 Å². The SMILES string of the molecule is CC(N)C1CCCCN1C(=O)Cc1coc2cc3c(cc12)CCC3.Cl. The average molecular weight is 363 g/mol. The summed E-state index contributed by atoms with van der Waals surface area (Å²) >= 11 is 0. The van der Waals surface area contributed by atoms with Crippen LogP contribution in [0.15, 0.2) is 22.8 Å². The summed E-state index contributed by atoms with van der Waals surface area (Å²) in [5.74, 6) is 0.181. The molecule has 0 spiro atoms. The van der Waals surface area contributed by atoms with Gasteiger partial charge in [-0.25, -0.2) is 0 Å². The Hall–Kier alpha value is -1.52. The van der Waals surface area contributed by atoms with Crippen molar-refractivity contribution in [2.24, 2.45) is 5.73 Å². The normalized spacial score (nSPS) is 21.0. The summed E-state index contributed by atoms with van der Waals surface area (Å²) in [5, 5.41) is 1.11. The molecule has 1 aliphatic carbocycles. The van der Waals surface area contributed by atoms with E-state index in [-0.39, 0.29) is 30.4 Å². The van der Waals surface area contributed by atoms with Crippen molar-refractivity contribution in [1.82, 2.24) is 4.90 Å². The van der Waals surface area contributed by atoms with Crippen LogP contribution in [0.25, 0.3) is 11.0 Å². The van der Waals surface area contributed by atoms with Crippen LogP contribution in [0, 0.1) is 0 Å². The van der Waals surface area contributed by atoms with Gasteiger partial charge in [0.15, 0.2) is 0 Å². The zero-order chi connectivity index (χ0) is 16.7. The molecule has 2 aromatic rings. The zero-order valence-electron chi connectivity index (χ0n) is 14.8. The summed E-state index contributed by atoms with van der Waals surface area (Å²) < 4.78 is 5.74. The maximum atomic E-state index is 12.9. The Morgan fingerprint density at radius 3 is 2.80 bits per heavy atom. The first-order valence-electron chi connectivity index (χ1n) is 9.20. The van der Waals surface area contributed by atoms with Crippen LogP contribution in [-0.2, 0) is 24.1 Å². The van der Waals surface area contributed by atoms with E-state index in [1.807, 2.05) is 11.8 Å². The third-order valence-corrected chi connectivity index (χ3v) is 5.69. The maximum Gasteiger partial charge on any atom is 0.227 e. The molecule has 0 bridgehead atoms. The smallest absolute Gasteiger partial charge is 0.227 e. The molecular formula is C20H27ClN2O2. The largest absolute Gasteiger partial charge is 0.464 e.